The zero-order valence-corrected chi connectivity index (χ0v) is 7.59. The number of nitrogens with zero attached hydrogens (tertiary/aromatic N) is 1. The van der Waals surface area contributed by atoms with E-state index in [0.29, 0.717) is 0 Å². The van der Waals surface area contributed by atoms with Gasteiger partial charge in [0.15, 0.2) is 0 Å². The quantitative estimate of drug-likeness (QED) is 0.531. The summed E-state index contributed by atoms with van der Waals surface area (Å²) in [6.45, 7) is 6.05. The molecule has 0 saturated carbocycles. The van der Waals surface area contributed by atoms with E-state index >= 15 is 0 Å². The minimum absolute atomic E-state index is 0.886. The van der Waals surface area contributed by atoms with Crippen molar-refractivity contribution in [2.45, 2.75) is 13.3 Å². The van der Waals surface area contributed by atoms with Crippen LogP contribution in [-0.2, 0) is 0 Å². The Hall–Kier alpha value is -1.42. The molecule has 0 atom stereocenters. The van der Waals surface area contributed by atoms with Gasteiger partial charge >= 0.3 is 0 Å². The fraction of sp³-hybridized carbons (Fsp3) is 0.273. The number of hydrogen-bond acceptors (Lipinski definition) is 1. The van der Waals surface area contributed by atoms with Crippen LogP contribution in [0.5, 0.6) is 0 Å². The highest BCUT2D eigenvalue weighted by Crippen LogP contribution is 2.24. The van der Waals surface area contributed by atoms with E-state index in [1.165, 1.54) is 5.57 Å². The molecule has 62 valence electrons. The van der Waals surface area contributed by atoms with Crippen molar-refractivity contribution in [3.8, 4) is 12.3 Å². The zero-order chi connectivity index (χ0) is 9.14. The first kappa shape index (κ1) is 8.67. The summed E-state index contributed by atoms with van der Waals surface area (Å²) in [6.07, 6.45) is 10.3. The van der Waals surface area contributed by atoms with Crippen molar-refractivity contribution in [2.24, 2.45) is 0 Å². The van der Waals surface area contributed by atoms with Crippen molar-refractivity contribution < 1.29 is 0 Å². The van der Waals surface area contributed by atoms with Gasteiger partial charge < -0.3 is 4.90 Å². The fourth-order valence-electron chi connectivity index (χ4n) is 1.24. The highest BCUT2D eigenvalue weighted by molar-refractivity contribution is 5.54. The van der Waals surface area contributed by atoms with Crippen LogP contribution in [0.3, 0.4) is 0 Å². The molecule has 1 heteroatoms. The molecule has 0 radical (unpaired) electrons. The molecule has 1 aliphatic rings. The molecule has 0 aromatic carbocycles. The molecule has 1 nitrogen and oxygen atoms in total. The lowest BCUT2D eigenvalue weighted by Gasteiger charge is -2.20. The van der Waals surface area contributed by atoms with Crippen molar-refractivity contribution in [1.29, 1.82) is 0 Å². The topological polar surface area (TPSA) is 3.24 Å². The predicted molar refractivity (Wildman–Crippen MR) is 52.2 cm³/mol. The van der Waals surface area contributed by atoms with Crippen molar-refractivity contribution in [1.82, 2.24) is 4.90 Å². The Bertz CT molecular complexity index is 299. The van der Waals surface area contributed by atoms with Crippen molar-refractivity contribution >= 4 is 0 Å². The summed E-state index contributed by atoms with van der Waals surface area (Å²) < 4.78 is 0. The summed E-state index contributed by atoms with van der Waals surface area (Å²) in [5.74, 6) is 2.63. The van der Waals surface area contributed by atoms with E-state index in [0.717, 1.165) is 17.6 Å². The van der Waals surface area contributed by atoms with Crippen LogP contribution in [0.2, 0.25) is 0 Å². The predicted octanol–water partition coefficient (Wildman–Crippen LogP) is 2.30. The summed E-state index contributed by atoms with van der Waals surface area (Å²) in [5, 5.41) is 0. The maximum Gasteiger partial charge on any atom is 0.0474 e. The Morgan fingerprint density at radius 1 is 1.58 bits per heavy atom. The summed E-state index contributed by atoms with van der Waals surface area (Å²) in [4.78, 5) is 1.97. The minimum atomic E-state index is 0.886. The Morgan fingerprint density at radius 3 is 2.75 bits per heavy atom. The van der Waals surface area contributed by atoms with Gasteiger partial charge in [0.2, 0.25) is 0 Å². The standard InChI is InChI=1S/C11H13N/c1-5-10-7-12(4)8-11(6-2)9(10)3/h1,7-8H,3,6H2,2,4H3. The molecule has 12 heavy (non-hydrogen) atoms. The lowest BCUT2D eigenvalue weighted by Crippen LogP contribution is -2.10. The van der Waals surface area contributed by atoms with Crippen LogP contribution in [-0.4, -0.2) is 11.9 Å². The van der Waals surface area contributed by atoms with Gasteiger partial charge in [-0.25, -0.2) is 0 Å². The van der Waals surface area contributed by atoms with E-state index in [2.05, 4.69) is 25.6 Å². The highest BCUT2D eigenvalue weighted by atomic mass is 15.1. The second-order valence-electron chi connectivity index (χ2n) is 2.84. The van der Waals surface area contributed by atoms with Gasteiger partial charge in [-0.3, -0.25) is 0 Å². The third kappa shape index (κ3) is 1.43. The van der Waals surface area contributed by atoms with Gasteiger partial charge in [-0.1, -0.05) is 19.4 Å². The lowest BCUT2D eigenvalue weighted by molar-refractivity contribution is 0.606. The van der Waals surface area contributed by atoms with Gasteiger partial charge in [-0.2, -0.15) is 0 Å². The highest BCUT2D eigenvalue weighted by Gasteiger charge is 2.10. The second-order valence-corrected chi connectivity index (χ2v) is 2.84. The first-order valence-electron chi connectivity index (χ1n) is 3.99. The number of rotatable bonds is 1. The molecule has 0 unspecified atom stereocenters. The molecule has 0 aliphatic carbocycles. The maximum absolute atomic E-state index is 5.34. The van der Waals surface area contributed by atoms with Gasteiger partial charge in [0, 0.05) is 25.0 Å². The van der Waals surface area contributed by atoms with Gasteiger partial charge in [-0.15, -0.1) is 6.42 Å². The molecular formula is C11H13N. The average molecular weight is 159 g/mol. The Labute approximate surface area is 74.1 Å². The fourth-order valence-corrected chi connectivity index (χ4v) is 1.24. The molecule has 0 aromatic rings. The lowest BCUT2D eigenvalue weighted by atomic mass is 9.97. The van der Waals surface area contributed by atoms with Gasteiger partial charge in [0.25, 0.3) is 0 Å². The molecule has 0 amide bonds. The SMILES string of the molecule is C#CC1=CN(C)C=C(CC)C1=C. The molecule has 0 saturated heterocycles. The zero-order valence-electron chi connectivity index (χ0n) is 7.59. The molecule has 0 spiro atoms. The monoisotopic (exact) mass is 159 g/mol. The summed E-state index contributed by atoms with van der Waals surface area (Å²) >= 11 is 0. The van der Waals surface area contributed by atoms with Crippen LogP contribution in [0.25, 0.3) is 0 Å². The number of hydrogen-bond donors (Lipinski definition) is 0. The van der Waals surface area contributed by atoms with E-state index in [1.807, 2.05) is 18.1 Å². The first-order chi connectivity index (χ1) is 5.69. The number of terminal acetylenes is 1. The van der Waals surface area contributed by atoms with Gasteiger partial charge in [-0.05, 0) is 17.6 Å². The Balaban J connectivity index is 3.00. The first-order valence-corrected chi connectivity index (χ1v) is 3.99. The summed E-state index contributed by atoms with van der Waals surface area (Å²) in [7, 11) is 1.97. The van der Waals surface area contributed by atoms with Crippen LogP contribution < -0.4 is 0 Å². The van der Waals surface area contributed by atoms with Gasteiger partial charge in [0.05, 0.1) is 0 Å². The van der Waals surface area contributed by atoms with Crippen LogP contribution in [0.15, 0.2) is 35.7 Å². The van der Waals surface area contributed by atoms with E-state index in [9.17, 15) is 0 Å². The van der Waals surface area contributed by atoms with Crippen LogP contribution in [0.4, 0.5) is 0 Å². The van der Waals surface area contributed by atoms with Crippen LogP contribution >= 0.6 is 0 Å². The molecular weight excluding hydrogens is 146 g/mol. The van der Waals surface area contributed by atoms with Crippen LogP contribution in [0.1, 0.15) is 13.3 Å². The van der Waals surface area contributed by atoms with Crippen molar-refractivity contribution in [3.05, 3.63) is 35.7 Å². The Morgan fingerprint density at radius 2 is 2.25 bits per heavy atom. The van der Waals surface area contributed by atoms with E-state index in [-0.39, 0.29) is 0 Å². The smallest absolute Gasteiger partial charge is 0.0474 e. The molecule has 1 heterocycles. The third-order valence-electron chi connectivity index (χ3n) is 1.94. The normalized spacial score (nSPS) is 16.8. The minimum Gasteiger partial charge on any atom is -0.356 e. The summed E-state index contributed by atoms with van der Waals surface area (Å²) in [6, 6.07) is 0. The van der Waals surface area contributed by atoms with Gasteiger partial charge in [0.1, 0.15) is 0 Å². The molecule has 0 bridgehead atoms. The van der Waals surface area contributed by atoms with E-state index in [4.69, 9.17) is 6.42 Å². The third-order valence-corrected chi connectivity index (χ3v) is 1.94. The van der Waals surface area contributed by atoms with Crippen molar-refractivity contribution in [2.75, 3.05) is 7.05 Å². The molecule has 0 aromatic heterocycles. The molecule has 0 N–H and O–H groups in total. The summed E-state index contributed by atoms with van der Waals surface area (Å²) in [5.41, 5.74) is 3.09. The molecule has 1 aliphatic heterocycles. The average Bonchev–Trinajstić information content (AvgIpc) is 2.08. The second kappa shape index (κ2) is 3.32. The molecule has 0 fully saturated rings. The van der Waals surface area contributed by atoms with E-state index in [1.54, 1.807) is 0 Å². The molecule has 1 rings (SSSR count). The Kier molecular flexibility index (Phi) is 2.40. The van der Waals surface area contributed by atoms with Crippen molar-refractivity contribution in [3.63, 3.8) is 0 Å². The largest absolute Gasteiger partial charge is 0.356 e. The maximum atomic E-state index is 5.34. The number of allylic oxidation sites excluding steroid dienone is 3. The van der Waals surface area contributed by atoms with Crippen LogP contribution in [0, 0.1) is 12.3 Å². The van der Waals surface area contributed by atoms with E-state index < -0.39 is 0 Å².